The van der Waals surface area contributed by atoms with E-state index in [1.807, 2.05) is 78.9 Å². The fourth-order valence-corrected chi connectivity index (χ4v) is 3.27. The van der Waals surface area contributed by atoms with Gasteiger partial charge in [0.15, 0.2) is 5.82 Å². The van der Waals surface area contributed by atoms with Gasteiger partial charge in [-0.15, -0.1) is 5.10 Å². The summed E-state index contributed by atoms with van der Waals surface area (Å²) in [6, 6.07) is 19.7. The summed E-state index contributed by atoms with van der Waals surface area (Å²) in [7, 11) is 0. The molecule has 116 valence electrons. The molecule has 0 atom stereocenters. The lowest BCUT2D eigenvalue weighted by atomic mass is 10.2. The molecule has 0 radical (unpaired) electrons. The van der Waals surface area contributed by atoms with E-state index in [2.05, 4.69) is 10.1 Å². The molecule has 4 nitrogen and oxygen atoms in total. The molecular weight excluding hydrogens is 318 g/mol. The summed E-state index contributed by atoms with van der Waals surface area (Å²) in [4.78, 5) is 17.5. The van der Waals surface area contributed by atoms with E-state index in [-0.39, 0.29) is 5.56 Å². The maximum atomic E-state index is 12.4. The molecule has 0 saturated carbocycles. The van der Waals surface area contributed by atoms with E-state index in [0.29, 0.717) is 15.3 Å². The van der Waals surface area contributed by atoms with Crippen LogP contribution in [0.25, 0.3) is 23.2 Å². The normalized spacial score (nSPS) is 12.4. The Morgan fingerprint density at radius 3 is 2.21 bits per heavy atom. The van der Waals surface area contributed by atoms with Crippen LogP contribution < -0.4 is 10.1 Å². The summed E-state index contributed by atoms with van der Waals surface area (Å²) in [6.07, 6.45) is 5.61. The Balaban J connectivity index is 1.70. The molecule has 0 aliphatic heterocycles. The molecule has 0 bridgehead atoms. The second-order valence-corrected chi connectivity index (χ2v) is 6.24. The van der Waals surface area contributed by atoms with Gasteiger partial charge < -0.3 is 0 Å². The Labute approximate surface area is 142 Å². The third-order valence-electron chi connectivity index (χ3n) is 3.52. The van der Waals surface area contributed by atoms with Gasteiger partial charge in [-0.1, -0.05) is 78.1 Å². The zero-order valence-corrected chi connectivity index (χ0v) is 13.5. The van der Waals surface area contributed by atoms with Crippen molar-refractivity contribution in [1.82, 2.24) is 14.6 Å². The molecule has 0 N–H and O–H groups in total. The van der Waals surface area contributed by atoms with Crippen molar-refractivity contribution in [2.24, 2.45) is 0 Å². The Morgan fingerprint density at radius 1 is 0.875 bits per heavy atom. The Morgan fingerprint density at radius 2 is 1.54 bits per heavy atom. The van der Waals surface area contributed by atoms with Crippen LogP contribution in [-0.2, 0) is 0 Å². The highest BCUT2D eigenvalue weighted by atomic mass is 32.1. The fourth-order valence-electron chi connectivity index (χ4n) is 2.36. The molecule has 2 aromatic heterocycles. The summed E-state index contributed by atoms with van der Waals surface area (Å²) in [5.41, 5.74) is 1.92. The van der Waals surface area contributed by atoms with Gasteiger partial charge in [0.25, 0.3) is 5.56 Å². The first-order valence-corrected chi connectivity index (χ1v) is 8.31. The minimum atomic E-state index is -0.134. The SMILES string of the molecule is O=c1/c(=C\c2ccccc2)sc2nc(/C=C/c3ccccc3)nn12. The number of benzene rings is 2. The molecule has 2 aromatic carbocycles. The second kappa shape index (κ2) is 6.22. The molecule has 0 fully saturated rings. The molecule has 5 heteroatoms. The van der Waals surface area contributed by atoms with Crippen molar-refractivity contribution in [3.8, 4) is 0 Å². The van der Waals surface area contributed by atoms with Crippen LogP contribution in [0.3, 0.4) is 0 Å². The molecule has 0 spiro atoms. The van der Waals surface area contributed by atoms with Crippen molar-refractivity contribution >= 4 is 34.5 Å². The molecule has 0 saturated heterocycles. The van der Waals surface area contributed by atoms with E-state index in [9.17, 15) is 4.79 Å². The average molecular weight is 331 g/mol. The number of aromatic nitrogens is 3. The van der Waals surface area contributed by atoms with Crippen molar-refractivity contribution in [2.75, 3.05) is 0 Å². The van der Waals surface area contributed by atoms with Crippen LogP contribution in [0.15, 0.2) is 65.5 Å². The van der Waals surface area contributed by atoms with Gasteiger partial charge in [0.05, 0.1) is 4.53 Å². The monoisotopic (exact) mass is 331 g/mol. The van der Waals surface area contributed by atoms with Gasteiger partial charge in [-0.2, -0.15) is 9.50 Å². The van der Waals surface area contributed by atoms with E-state index in [4.69, 9.17) is 0 Å². The third kappa shape index (κ3) is 2.89. The molecule has 0 unspecified atom stereocenters. The number of hydrogen-bond donors (Lipinski definition) is 0. The molecule has 0 aliphatic carbocycles. The van der Waals surface area contributed by atoms with Crippen molar-refractivity contribution in [3.05, 3.63) is 92.5 Å². The lowest BCUT2D eigenvalue weighted by molar-refractivity contribution is 0.925. The zero-order valence-electron chi connectivity index (χ0n) is 12.7. The van der Waals surface area contributed by atoms with Crippen molar-refractivity contribution < 1.29 is 0 Å². The molecule has 4 rings (SSSR count). The number of rotatable bonds is 3. The van der Waals surface area contributed by atoms with Gasteiger partial charge in [0.1, 0.15) is 0 Å². The second-order valence-electron chi connectivity index (χ2n) is 5.23. The summed E-state index contributed by atoms with van der Waals surface area (Å²) < 4.78 is 2.00. The van der Waals surface area contributed by atoms with Crippen LogP contribution in [0.4, 0.5) is 0 Å². The highest BCUT2D eigenvalue weighted by molar-refractivity contribution is 7.15. The molecule has 0 aliphatic rings. The van der Waals surface area contributed by atoms with Crippen molar-refractivity contribution in [2.45, 2.75) is 0 Å². The highest BCUT2D eigenvalue weighted by Gasteiger charge is 2.08. The van der Waals surface area contributed by atoms with Gasteiger partial charge in [0, 0.05) is 0 Å². The van der Waals surface area contributed by atoms with Crippen LogP contribution in [0.2, 0.25) is 0 Å². The van der Waals surface area contributed by atoms with Gasteiger partial charge in [-0.05, 0) is 23.3 Å². The van der Waals surface area contributed by atoms with Gasteiger partial charge in [0.2, 0.25) is 4.96 Å². The van der Waals surface area contributed by atoms with Crippen molar-refractivity contribution in [1.29, 1.82) is 0 Å². The topological polar surface area (TPSA) is 47.3 Å². The predicted molar refractivity (Wildman–Crippen MR) is 97.7 cm³/mol. The van der Waals surface area contributed by atoms with E-state index < -0.39 is 0 Å². The van der Waals surface area contributed by atoms with Gasteiger partial charge in [-0.25, -0.2) is 0 Å². The maximum absolute atomic E-state index is 12.4. The highest BCUT2D eigenvalue weighted by Crippen LogP contribution is 2.07. The summed E-state index contributed by atoms with van der Waals surface area (Å²) >= 11 is 1.35. The minimum absolute atomic E-state index is 0.134. The van der Waals surface area contributed by atoms with E-state index >= 15 is 0 Å². The lowest BCUT2D eigenvalue weighted by Crippen LogP contribution is -2.23. The summed E-state index contributed by atoms with van der Waals surface area (Å²) in [5, 5.41) is 4.29. The molecule has 4 aromatic rings. The molecular formula is C19H13N3OS. The average Bonchev–Trinajstić information content (AvgIpc) is 3.15. The minimum Gasteiger partial charge on any atom is -0.266 e. The van der Waals surface area contributed by atoms with Crippen LogP contribution in [0.1, 0.15) is 17.0 Å². The molecule has 2 heterocycles. The van der Waals surface area contributed by atoms with Crippen molar-refractivity contribution in [3.63, 3.8) is 0 Å². The van der Waals surface area contributed by atoms with Crippen LogP contribution in [0, 0.1) is 0 Å². The summed E-state index contributed by atoms with van der Waals surface area (Å²) in [5.74, 6) is 0.536. The zero-order chi connectivity index (χ0) is 16.4. The van der Waals surface area contributed by atoms with E-state index in [0.717, 1.165) is 11.1 Å². The standard InChI is InChI=1S/C19H13N3OS/c23-18-16(13-15-9-5-2-6-10-15)24-19-20-17(21-22(18)19)12-11-14-7-3-1-4-8-14/h1-13H/b12-11+,16-13+. The summed E-state index contributed by atoms with van der Waals surface area (Å²) in [6.45, 7) is 0. The van der Waals surface area contributed by atoms with E-state index in [1.165, 1.54) is 15.9 Å². The Bertz CT molecular complexity index is 1110. The number of nitrogens with zero attached hydrogens (tertiary/aromatic N) is 3. The van der Waals surface area contributed by atoms with Gasteiger partial charge in [-0.3, -0.25) is 4.79 Å². The first-order valence-electron chi connectivity index (χ1n) is 7.49. The molecule has 0 amide bonds. The maximum Gasteiger partial charge on any atom is 0.291 e. The number of hydrogen-bond acceptors (Lipinski definition) is 4. The number of fused-ring (bicyclic) bond motifs is 1. The van der Waals surface area contributed by atoms with Crippen LogP contribution >= 0.6 is 11.3 Å². The smallest absolute Gasteiger partial charge is 0.266 e. The quantitative estimate of drug-likeness (QED) is 0.580. The number of thiazole rings is 1. The Kier molecular flexibility index (Phi) is 3.76. The predicted octanol–water partition coefficient (Wildman–Crippen LogP) is 2.87. The fraction of sp³-hybridized carbons (Fsp3) is 0. The largest absolute Gasteiger partial charge is 0.291 e. The Hall–Kier alpha value is -3.05. The lowest BCUT2D eigenvalue weighted by Gasteiger charge is -1.89. The third-order valence-corrected chi connectivity index (χ3v) is 4.48. The van der Waals surface area contributed by atoms with E-state index in [1.54, 1.807) is 0 Å². The van der Waals surface area contributed by atoms with Crippen LogP contribution in [0.5, 0.6) is 0 Å². The first kappa shape index (κ1) is 14.5. The molecule has 24 heavy (non-hydrogen) atoms. The first-order chi connectivity index (χ1) is 11.8. The van der Waals surface area contributed by atoms with Gasteiger partial charge >= 0.3 is 0 Å². The van der Waals surface area contributed by atoms with Crippen LogP contribution in [-0.4, -0.2) is 14.6 Å².